The topological polar surface area (TPSA) is 65.7 Å². The third-order valence-electron chi connectivity index (χ3n) is 2.82. The van der Waals surface area contributed by atoms with E-state index in [1.165, 1.54) is 6.40 Å². The summed E-state index contributed by atoms with van der Waals surface area (Å²) in [5.74, 6) is -0.359. The molecule has 0 radical (unpaired) electrons. The molecule has 1 aliphatic rings. The number of aromatic nitrogens is 2. The molecule has 18 heavy (non-hydrogen) atoms. The van der Waals surface area contributed by atoms with E-state index in [1.54, 1.807) is 11.6 Å². The number of carbonyl (C=O) groups excluding carboxylic acids is 1. The molecule has 0 bridgehead atoms. The Bertz CT molecular complexity index is 467. The second-order valence-corrected chi connectivity index (χ2v) is 4.07. The highest BCUT2D eigenvalue weighted by atomic mass is 16.5. The van der Waals surface area contributed by atoms with Gasteiger partial charge in [0.25, 0.3) is 0 Å². The largest absolute Gasteiger partial charge is 0.473 e. The van der Waals surface area contributed by atoms with Crippen molar-refractivity contribution < 1.29 is 14.3 Å². The lowest BCUT2D eigenvalue weighted by molar-refractivity contribution is -0.146. The molecule has 0 saturated carbocycles. The average Bonchev–Trinajstić information content (AvgIpc) is 2.94. The number of hydrogen-bond donors (Lipinski definition) is 0. The van der Waals surface area contributed by atoms with E-state index in [2.05, 4.69) is 10.1 Å². The number of nitrogens with zero attached hydrogens (tertiary/aromatic N) is 3. The van der Waals surface area contributed by atoms with Crippen molar-refractivity contribution in [1.29, 1.82) is 0 Å². The Morgan fingerprint density at radius 2 is 2.33 bits per heavy atom. The predicted molar refractivity (Wildman–Crippen MR) is 65.3 cm³/mol. The number of rotatable bonds is 4. The average molecular weight is 251 g/mol. The summed E-state index contributed by atoms with van der Waals surface area (Å²) in [6.45, 7) is 4.13. The summed E-state index contributed by atoms with van der Waals surface area (Å²) >= 11 is 0. The highest BCUT2D eigenvalue weighted by molar-refractivity contribution is 5.80. The van der Waals surface area contributed by atoms with Crippen LogP contribution in [0.25, 0.3) is 0 Å². The van der Waals surface area contributed by atoms with Gasteiger partial charge < -0.3 is 9.47 Å². The van der Waals surface area contributed by atoms with Crippen LogP contribution in [-0.4, -0.2) is 34.8 Å². The van der Waals surface area contributed by atoms with Gasteiger partial charge in [-0.05, 0) is 13.3 Å². The minimum absolute atomic E-state index is 0.339. The lowest BCUT2D eigenvalue weighted by Gasteiger charge is -2.15. The highest BCUT2D eigenvalue weighted by Gasteiger charge is 2.37. The van der Waals surface area contributed by atoms with Crippen molar-refractivity contribution in [1.82, 2.24) is 9.78 Å². The van der Waals surface area contributed by atoms with Crippen molar-refractivity contribution in [3.05, 3.63) is 17.5 Å². The van der Waals surface area contributed by atoms with Crippen LogP contribution >= 0.6 is 0 Å². The maximum atomic E-state index is 11.8. The first-order chi connectivity index (χ1) is 8.67. The summed E-state index contributed by atoms with van der Waals surface area (Å²) in [4.78, 5) is 15.8. The lowest BCUT2D eigenvalue weighted by atomic mass is 10.0. The van der Waals surface area contributed by atoms with Gasteiger partial charge in [-0.1, -0.05) is 6.92 Å². The summed E-state index contributed by atoms with van der Waals surface area (Å²) < 4.78 is 12.1. The van der Waals surface area contributed by atoms with Gasteiger partial charge in [-0.2, -0.15) is 5.10 Å². The van der Waals surface area contributed by atoms with Crippen LogP contribution in [0.5, 0.6) is 0 Å². The van der Waals surface area contributed by atoms with Gasteiger partial charge in [0.05, 0.1) is 12.3 Å². The quantitative estimate of drug-likeness (QED) is 0.749. The van der Waals surface area contributed by atoms with E-state index < -0.39 is 12.1 Å². The summed E-state index contributed by atoms with van der Waals surface area (Å²) in [6.07, 6.45) is 3.54. The number of esters is 1. The van der Waals surface area contributed by atoms with Crippen LogP contribution in [0.4, 0.5) is 0 Å². The van der Waals surface area contributed by atoms with Gasteiger partial charge in [0.2, 0.25) is 0 Å². The minimum Gasteiger partial charge on any atom is -0.473 e. The van der Waals surface area contributed by atoms with Gasteiger partial charge in [0, 0.05) is 18.8 Å². The van der Waals surface area contributed by atoms with E-state index in [0.717, 1.165) is 17.7 Å². The fourth-order valence-electron chi connectivity index (χ4n) is 2.04. The Labute approximate surface area is 106 Å². The fourth-order valence-corrected chi connectivity index (χ4v) is 2.04. The zero-order valence-electron chi connectivity index (χ0n) is 10.8. The smallest absolute Gasteiger partial charge is 0.335 e. The van der Waals surface area contributed by atoms with E-state index in [1.807, 2.05) is 20.2 Å². The number of hydrogen-bond acceptors (Lipinski definition) is 5. The van der Waals surface area contributed by atoms with Crippen LogP contribution < -0.4 is 0 Å². The molecule has 6 nitrogen and oxygen atoms in total. The van der Waals surface area contributed by atoms with Crippen molar-refractivity contribution in [2.45, 2.75) is 32.4 Å². The molecule has 0 aliphatic carbocycles. The number of aliphatic imine (C=N–C) groups is 1. The van der Waals surface area contributed by atoms with Crippen LogP contribution in [0.15, 0.2) is 11.2 Å². The number of ether oxygens (including phenoxy) is 2. The molecule has 0 spiro atoms. The normalized spacial score (nSPS) is 21.9. The summed E-state index contributed by atoms with van der Waals surface area (Å²) in [6, 6.07) is -0.626. The lowest BCUT2D eigenvalue weighted by Crippen LogP contribution is -2.26. The zero-order chi connectivity index (χ0) is 13.1. The van der Waals surface area contributed by atoms with E-state index in [4.69, 9.17) is 9.47 Å². The molecule has 2 heterocycles. The third-order valence-corrected chi connectivity index (χ3v) is 2.82. The van der Waals surface area contributed by atoms with E-state index in [0.29, 0.717) is 6.61 Å². The molecule has 0 fully saturated rings. The molecular weight excluding hydrogens is 234 g/mol. The standard InChI is InChI=1S/C12H17N3O3/c1-4-9-8(6-15(3)14-9)11-10(13-7-18-11)12(16)17-5-2/h6-7,10-11H,4-5H2,1-3H3. The Kier molecular flexibility index (Phi) is 3.64. The molecule has 0 N–H and O–H groups in total. The zero-order valence-corrected chi connectivity index (χ0v) is 10.8. The van der Waals surface area contributed by atoms with Crippen LogP contribution in [0.1, 0.15) is 31.2 Å². The molecule has 0 amide bonds. The van der Waals surface area contributed by atoms with E-state index in [9.17, 15) is 4.79 Å². The van der Waals surface area contributed by atoms with Crippen LogP contribution in [0.3, 0.4) is 0 Å². The molecule has 1 aromatic rings. The first-order valence-corrected chi connectivity index (χ1v) is 6.03. The number of aryl methyl sites for hydroxylation is 2. The Morgan fingerprint density at radius 3 is 3.00 bits per heavy atom. The van der Waals surface area contributed by atoms with Crippen LogP contribution in [0, 0.1) is 0 Å². The summed E-state index contributed by atoms with van der Waals surface area (Å²) in [5.41, 5.74) is 1.82. The fraction of sp³-hybridized carbons (Fsp3) is 0.583. The van der Waals surface area contributed by atoms with Gasteiger partial charge in [0.15, 0.2) is 18.5 Å². The highest BCUT2D eigenvalue weighted by Crippen LogP contribution is 2.30. The molecule has 2 atom stereocenters. The first kappa shape index (κ1) is 12.6. The molecule has 0 saturated heterocycles. The van der Waals surface area contributed by atoms with Crippen molar-refractivity contribution in [2.24, 2.45) is 12.0 Å². The summed E-state index contributed by atoms with van der Waals surface area (Å²) in [7, 11) is 1.85. The molecule has 0 aromatic carbocycles. The first-order valence-electron chi connectivity index (χ1n) is 6.03. The van der Waals surface area contributed by atoms with Crippen molar-refractivity contribution in [3.8, 4) is 0 Å². The second-order valence-electron chi connectivity index (χ2n) is 4.07. The third kappa shape index (κ3) is 2.23. The SMILES string of the molecule is CCOC(=O)C1N=COC1c1cn(C)nc1CC. The Morgan fingerprint density at radius 1 is 1.56 bits per heavy atom. The predicted octanol–water partition coefficient (Wildman–Crippen LogP) is 1.01. The molecular formula is C12H17N3O3. The minimum atomic E-state index is -0.626. The van der Waals surface area contributed by atoms with Crippen molar-refractivity contribution >= 4 is 12.4 Å². The van der Waals surface area contributed by atoms with Crippen LogP contribution in [0.2, 0.25) is 0 Å². The molecule has 98 valence electrons. The monoisotopic (exact) mass is 251 g/mol. The van der Waals surface area contributed by atoms with Gasteiger partial charge in [0.1, 0.15) is 0 Å². The van der Waals surface area contributed by atoms with Crippen molar-refractivity contribution in [3.63, 3.8) is 0 Å². The van der Waals surface area contributed by atoms with E-state index >= 15 is 0 Å². The van der Waals surface area contributed by atoms with Gasteiger partial charge in [-0.15, -0.1) is 0 Å². The second kappa shape index (κ2) is 5.20. The Balaban J connectivity index is 2.24. The molecule has 1 aromatic heterocycles. The van der Waals surface area contributed by atoms with Gasteiger partial charge >= 0.3 is 5.97 Å². The van der Waals surface area contributed by atoms with E-state index in [-0.39, 0.29) is 5.97 Å². The molecule has 2 unspecified atom stereocenters. The maximum absolute atomic E-state index is 11.8. The summed E-state index contributed by atoms with van der Waals surface area (Å²) in [5, 5.41) is 4.34. The molecule has 2 rings (SSSR count). The van der Waals surface area contributed by atoms with Crippen LogP contribution in [-0.2, 0) is 27.7 Å². The Hall–Kier alpha value is -1.85. The molecule has 6 heteroatoms. The van der Waals surface area contributed by atoms with Gasteiger partial charge in [-0.3, -0.25) is 4.68 Å². The van der Waals surface area contributed by atoms with Gasteiger partial charge in [-0.25, -0.2) is 9.79 Å². The van der Waals surface area contributed by atoms with Crippen molar-refractivity contribution in [2.75, 3.05) is 6.61 Å². The number of carbonyl (C=O) groups is 1. The molecule has 1 aliphatic heterocycles. The maximum Gasteiger partial charge on any atom is 0.335 e.